The van der Waals surface area contributed by atoms with Crippen molar-refractivity contribution in [2.75, 3.05) is 0 Å². The lowest BCUT2D eigenvalue weighted by Crippen LogP contribution is -2.30. The molecule has 5 heteroatoms. The first kappa shape index (κ1) is 13.8. The van der Waals surface area contributed by atoms with Gasteiger partial charge in [0.25, 0.3) is 5.56 Å². The Morgan fingerprint density at radius 3 is 2.55 bits per heavy atom. The van der Waals surface area contributed by atoms with Crippen molar-refractivity contribution in [3.63, 3.8) is 0 Å². The number of nitrogens with zero attached hydrogens (tertiary/aromatic N) is 2. The van der Waals surface area contributed by atoms with Crippen LogP contribution in [-0.4, -0.2) is 9.55 Å². The topological polar surface area (TPSA) is 78.7 Å². The summed E-state index contributed by atoms with van der Waals surface area (Å²) in [6.07, 6.45) is 4.52. The largest absolute Gasteiger partial charge is 0.332 e. The van der Waals surface area contributed by atoms with E-state index in [9.17, 15) is 9.59 Å². The van der Waals surface area contributed by atoms with E-state index in [1.807, 2.05) is 24.3 Å². The maximum Gasteiger partial charge on any atom is 0.332 e. The Morgan fingerprint density at radius 2 is 1.95 bits per heavy atom. The van der Waals surface area contributed by atoms with Crippen LogP contribution in [0.25, 0.3) is 5.69 Å². The Bertz CT molecular complexity index is 748. The number of hydrogen-bond acceptors (Lipinski definition) is 3. The van der Waals surface area contributed by atoms with E-state index in [0.717, 1.165) is 19.3 Å². The Kier molecular flexibility index (Phi) is 4.16. The summed E-state index contributed by atoms with van der Waals surface area (Å²) in [6.45, 7) is 2.14. The van der Waals surface area contributed by atoms with Crippen molar-refractivity contribution in [1.82, 2.24) is 9.55 Å². The summed E-state index contributed by atoms with van der Waals surface area (Å²) < 4.78 is 1.27. The van der Waals surface area contributed by atoms with Gasteiger partial charge < -0.3 is 0 Å². The smallest absolute Gasteiger partial charge is 0.273 e. The van der Waals surface area contributed by atoms with Crippen LogP contribution in [0.15, 0.2) is 40.1 Å². The summed E-state index contributed by atoms with van der Waals surface area (Å²) in [7, 11) is 0. The molecule has 0 spiro atoms. The molecule has 102 valence electrons. The third-order valence-electron chi connectivity index (χ3n) is 3.10. The third kappa shape index (κ3) is 2.86. The van der Waals surface area contributed by atoms with Gasteiger partial charge in [-0.3, -0.25) is 14.3 Å². The van der Waals surface area contributed by atoms with Gasteiger partial charge in [-0.15, -0.1) is 0 Å². The first-order valence-electron chi connectivity index (χ1n) is 6.51. The van der Waals surface area contributed by atoms with Crippen molar-refractivity contribution >= 4 is 0 Å². The molecule has 0 bridgehead atoms. The predicted octanol–water partition coefficient (Wildman–Crippen LogP) is 1.74. The average Bonchev–Trinajstić information content (AvgIpc) is 2.46. The van der Waals surface area contributed by atoms with E-state index in [0.29, 0.717) is 5.69 Å². The molecule has 0 aliphatic heterocycles. The van der Waals surface area contributed by atoms with Crippen LogP contribution in [0.2, 0.25) is 0 Å². The highest BCUT2D eigenvalue weighted by molar-refractivity contribution is 5.36. The van der Waals surface area contributed by atoms with Crippen LogP contribution in [0.3, 0.4) is 0 Å². The molecule has 2 rings (SSSR count). The Balaban J connectivity index is 2.40. The molecular formula is C15H15N3O2. The third-order valence-corrected chi connectivity index (χ3v) is 3.10. The zero-order valence-electron chi connectivity index (χ0n) is 11.2. The molecule has 0 saturated heterocycles. The van der Waals surface area contributed by atoms with Gasteiger partial charge >= 0.3 is 5.69 Å². The first-order valence-corrected chi connectivity index (χ1v) is 6.51. The van der Waals surface area contributed by atoms with Gasteiger partial charge in [0.2, 0.25) is 0 Å². The van der Waals surface area contributed by atoms with Gasteiger partial charge in [-0.2, -0.15) is 5.26 Å². The number of unbranched alkanes of at least 4 members (excludes halogenated alkanes) is 1. The van der Waals surface area contributed by atoms with Gasteiger partial charge in [-0.1, -0.05) is 25.5 Å². The van der Waals surface area contributed by atoms with Gasteiger partial charge in [0, 0.05) is 6.20 Å². The van der Waals surface area contributed by atoms with Gasteiger partial charge in [0.1, 0.15) is 11.6 Å². The van der Waals surface area contributed by atoms with Gasteiger partial charge in [-0.25, -0.2) is 4.79 Å². The lowest BCUT2D eigenvalue weighted by atomic mass is 10.1. The van der Waals surface area contributed by atoms with Crippen molar-refractivity contribution < 1.29 is 0 Å². The molecule has 0 unspecified atom stereocenters. The van der Waals surface area contributed by atoms with Crippen LogP contribution in [0.4, 0.5) is 0 Å². The van der Waals surface area contributed by atoms with Gasteiger partial charge in [-0.05, 0) is 30.5 Å². The number of rotatable bonds is 4. The van der Waals surface area contributed by atoms with Crippen LogP contribution in [0.5, 0.6) is 0 Å². The van der Waals surface area contributed by atoms with E-state index in [2.05, 4.69) is 11.9 Å². The molecule has 2 aromatic rings. The highest BCUT2D eigenvalue weighted by atomic mass is 16.2. The first-order chi connectivity index (χ1) is 9.65. The number of nitrogens with one attached hydrogen (secondary N) is 1. The molecule has 0 aliphatic rings. The second kappa shape index (κ2) is 6.02. The van der Waals surface area contributed by atoms with Crippen molar-refractivity contribution in [3.8, 4) is 11.8 Å². The summed E-state index contributed by atoms with van der Waals surface area (Å²) in [5.74, 6) is 0. The number of aromatic nitrogens is 2. The number of benzene rings is 1. The SMILES string of the molecule is CCCCc1ccc(-n2cc(C#N)c(=O)[nH]c2=O)cc1. The van der Waals surface area contributed by atoms with E-state index in [-0.39, 0.29) is 5.56 Å². The van der Waals surface area contributed by atoms with Crippen molar-refractivity contribution in [3.05, 3.63) is 62.4 Å². The number of H-pyrrole nitrogens is 1. The standard InChI is InChI=1S/C15H15N3O2/c1-2-3-4-11-5-7-13(8-6-11)18-10-12(9-16)14(19)17-15(18)20/h5-8,10H,2-4H2,1H3,(H,17,19,20). The van der Waals surface area contributed by atoms with Crippen LogP contribution < -0.4 is 11.2 Å². The summed E-state index contributed by atoms with van der Waals surface area (Å²) in [4.78, 5) is 25.2. The lowest BCUT2D eigenvalue weighted by molar-refractivity contribution is 0.794. The molecule has 1 aromatic carbocycles. The molecule has 0 saturated carbocycles. The Morgan fingerprint density at radius 1 is 1.25 bits per heavy atom. The fraction of sp³-hybridized carbons (Fsp3) is 0.267. The summed E-state index contributed by atoms with van der Waals surface area (Å²) >= 11 is 0. The van der Waals surface area contributed by atoms with E-state index in [1.165, 1.54) is 16.3 Å². The van der Waals surface area contributed by atoms with Crippen LogP contribution in [0.1, 0.15) is 30.9 Å². The van der Waals surface area contributed by atoms with Gasteiger partial charge in [0.15, 0.2) is 0 Å². The fourth-order valence-corrected chi connectivity index (χ4v) is 1.95. The summed E-state index contributed by atoms with van der Waals surface area (Å²) in [5.41, 5.74) is 0.542. The minimum absolute atomic E-state index is 0.0836. The predicted molar refractivity (Wildman–Crippen MR) is 76.0 cm³/mol. The van der Waals surface area contributed by atoms with E-state index < -0.39 is 11.2 Å². The number of nitriles is 1. The maximum atomic E-state index is 11.8. The van der Waals surface area contributed by atoms with Crippen molar-refractivity contribution in [1.29, 1.82) is 5.26 Å². The molecular weight excluding hydrogens is 254 g/mol. The minimum atomic E-state index is -0.659. The Labute approximate surface area is 116 Å². The summed E-state index contributed by atoms with van der Waals surface area (Å²) in [5, 5.41) is 8.84. The van der Waals surface area contributed by atoms with E-state index in [4.69, 9.17) is 5.26 Å². The number of aryl methyl sites for hydroxylation is 1. The molecule has 0 amide bonds. The van der Waals surface area contributed by atoms with Gasteiger partial charge in [0.05, 0.1) is 5.69 Å². The molecule has 0 radical (unpaired) electrons. The normalized spacial score (nSPS) is 10.2. The zero-order valence-corrected chi connectivity index (χ0v) is 11.2. The van der Waals surface area contributed by atoms with Crippen molar-refractivity contribution in [2.45, 2.75) is 26.2 Å². The highest BCUT2D eigenvalue weighted by Crippen LogP contribution is 2.10. The molecule has 5 nitrogen and oxygen atoms in total. The minimum Gasteiger partial charge on any atom is -0.273 e. The fourth-order valence-electron chi connectivity index (χ4n) is 1.95. The molecule has 1 heterocycles. The summed E-state index contributed by atoms with van der Waals surface area (Å²) in [6, 6.07) is 9.30. The van der Waals surface area contributed by atoms with Crippen LogP contribution >= 0.6 is 0 Å². The van der Waals surface area contributed by atoms with Crippen LogP contribution in [0, 0.1) is 11.3 Å². The average molecular weight is 269 g/mol. The highest BCUT2D eigenvalue weighted by Gasteiger charge is 2.05. The lowest BCUT2D eigenvalue weighted by Gasteiger charge is -2.06. The van der Waals surface area contributed by atoms with E-state index in [1.54, 1.807) is 6.07 Å². The quantitative estimate of drug-likeness (QED) is 0.918. The molecule has 0 fully saturated rings. The number of hydrogen-bond donors (Lipinski definition) is 1. The molecule has 0 aliphatic carbocycles. The van der Waals surface area contributed by atoms with Crippen LogP contribution in [-0.2, 0) is 6.42 Å². The maximum absolute atomic E-state index is 11.8. The second-order valence-electron chi connectivity index (χ2n) is 4.55. The zero-order chi connectivity index (χ0) is 14.5. The second-order valence-corrected chi connectivity index (χ2v) is 4.55. The Hall–Kier alpha value is -2.61. The van der Waals surface area contributed by atoms with Crippen molar-refractivity contribution in [2.24, 2.45) is 0 Å². The molecule has 20 heavy (non-hydrogen) atoms. The monoisotopic (exact) mass is 269 g/mol. The molecule has 0 atom stereocenters. The molecule has 1 aromatic heterocycles. The molecule has 1 N–H and O–H groups in total. The number of aromatic amines is 1. The van der Waals surface area contributed by atoms with E-state index >= 15 is 0 Å².